The molecule has 1 heteroatoms. The van der Waals surface area contributed by atoms with Gasteiger partial charge in [0.05, 0.1) is 0 Å². The minimum Gasteiger partial charge on any atom is -0.381 e. The average Bonchev–Trinajstić information content (AvgIpc) is 2.61. The van der Waals surface area contributed by atoms with Gasteiger partial charge in [0.2, 0.25) is 0 Å². The lowest BCUT2D eigenvalue weighted by atomic mass is 9.93. The maximum Gasteiger partial charge on any atom is 0.0471 e. The number of unbranched alkanes of at least 4 members (excludes halogenated alkanes) is 10. The van der Waals surface area contributed by atoms with Crippen LogP contribution in [0, 0.1) is 5.41 Å². The van der Waals surface area contributed by atoms with E-state index in [1.54, 1.807) is 0 Å². The van der Waals surface area contributed by atoms with Crippen LogP contribution in [0.2, 0.25) is 0 Å². The van der Waals surface area contributed by atoms with Crippen molar-refractivity contribution in [1.82, 2.24) is 0 Å². The summed E-state index contributed by atoms with van der Waals surface area (Å²) in [4.78, 5) is 0. The van der Waals surface area contributed by atoms with Crippen LogP contribution in [-0.2, 0) is 11.2 Å². The highest BCUT2D eigenvalue weighted by Crippen LogP contribution is 2.18. The fourth-order valence-electron chi connectivity index (χ4n) is 3.25. The van der Waals surface area contributed by atoms with Crippen LogP contribution in [0.3, 0.4) is 0 Å². The molecular weight excluding hydrogens is 316 g/mol. The van der Waals surface area contributed by atoms with E-state index in [2.05, 4.69) is 51.1 Å². The second-order valence-corrected chi connectivity index (χ2v) is 9.05. The Morgan fingerprint density at radius 3 is 1.65 bits per heavy atom. The fraction of sp³-hybridized carbons (Fsp3) is 0.760. The van der Waals surface area contributed by atoms with Gasteiger partial charge >= 0.3 is 0 Å². The Balaban J connectivity index is 1.72. The molecule has 0 aliphatic carbocycles. The molecule has 1 aromatic rings. The smallest absolute Gasteiger partial charge is 0.0471 e. The second kappa shape index (κ2) is 15.3. The Labute approximate surface area is 163 Å². The topological polar surface area (TPSA) is 9.23 Å². The predicted octanol–water partition coefficient (Wildman–Crippen LogP) is 7.97. The van der Waals surface area contributed by atoms with Crippen LogP contribution in [0.4, 0.5) is 0 Å². The van der Waals surface area contributed by atoms with Crippen molar-refractivity contribution in [2.45, 2.75) is 104 Å². The van der Waals surface area contributed by atoms with Gasteiger partial charge in [-0.3, -0.25) is 0 Å². The van der Waals surface area contributed by atoms with Crippen LogP contribution in [0.25, 0.3) is 0 Å². The first kappa shape index (κ1) is 23.2. The molecule has 0 N–H and O–H groups in total. The van der Waals surface area contributed by atoms with Gasteiger partial charge in [-0.05, 0) is 36.7 Å². The van der Waals surface area contributed by atoms with Gasteiger partial charge in [-0.1, -0.05) is 109 Å². The molecule has 0 atom stereocenters. The molecule has 0 aliphatic rings. The molecule has 0 unspecified atom stereocenters. The molecule has 0 aromatic heterocycles. The predicted molar refractivity (Wildman–Crippen MR) is 116 cm³/mol. The quantitative estimate of drug-likeness (QED) is 0.271. The number of benzene rings is 1. The van der Waals surface area contributed by atoms with Gasteiger partial charge in [0.1, 0.15) is 0 Å². The van der Waals surface area contributed by atoms with Crippen LogP contribution in [0.5, 0.6) is 0 Å². The van der Waals surface area contributed by atoms with Crippen LogP contribution >= 0.6 is 0 Å². The number of aryl methyl sites for hydroxylation is 1. The van der Waals surface area contributed by atoms with E-state index in [1.165, 1.54) is 89.0 Å². The molecule has 0 saturated carbocycles. The molecule has 0 aliphatic heterocycles. The summed E-state index contributed by atoms with van der Waals surface area (Å²) in [5.41, 5.74) is 1.90. The average molecular weight is 361 g/mol. The van der Waals surface area contributed by atoms with Crippen molar-refractivity contribution < 1.29 is 4.74 Å². The van der Waals surface area contributed by atoms with E-state index in [0.29, 0.717) is 5.41 Å². The SMILES string of the molecule is CC(C)(C)CCOCCCCCCCCCCCCCc1ccccc1. The van der Waals surface area contributed by atoms with Crippen LogP contribution < -0.4 is 0 Å². The Morgan fingerprint density at radius 1 is 0.615 bits per heavy atom. The van der Waals surface area contributed by atoms with Gasteiger partial charge in [0.15, 0.2) is 0 Å². The molecular formula is C25H44O. The van der Waals surface area contributed by atoms with Gasteiger partial charge in [0.25, 0.3) is 0 Å². The summed E-state index contributed by atoms with van der Waals surface area (Å²) in [7, 11) is 0. The van der Waals surface area contributed by atoms with Crippen molar-refractivity contribution in [3.63, 3.8) is 0 Å². The number of rotatable bonds is 16. The normalized spacial score (nSPS) is 11.8. The molecule has 0 bridgehead atoms. The lowest BCUT2D eigenvalue weighted by Crippen LogP contribution is -2.09. The van der Waals surface area contributed by atoms with Crippen LogP contribution in [0.15, 0.2) is 30.3 Å². The Morgan fingerprint density at radius 2 is 1.12 bits per heavy atom. The summed E-state index contributed by atoms with van der Waals surface area (Å²) in [6.07, 6.45) is 17.7. The van der Waals surface area contributed by atoms with Gasteiger partial charge in [-0.15, -0.1) is 0 Å². The third kappa shape index (κ3) is 15.4. The first-order valence-corrected chi connectivity index (χ1v) is 11.2. The van der Waals surface area contributed by atoms with Crippen LogP contribution in [0.1, 0.15) is 103 Å². The van der Waals surface area contributed by atoms with Crippen molar-refractivity contribution in [2.24, 2.45) is 5.41 Å². The van der Waals surface area contributed by atoms with Gasteiger partial charge in [0, 0.05) is 13.2 Å². The van der Waals surface area contributed by atoms with Gasteiger partial charge < -0.3 is 4.74 Å². The molecule has 26 heavy (non-hydrogen) atoms. The maximum atomic E-state index is 5.73. The minimum absolute atomic E-state index is 0.405. The number of ether oxygens (including phenoxy) is 1. The summed E-state index contributed by atoms with van der Waals surface area (Å²) in [6.45, 7) is 8.72. The van der Waals surface area contributed by atoms with E-state index in [0.717, 1.165) is 13.2 Å². The van der Waals surface area contributed by atoms with Crippen LogP contribution in [-0.4, -0.2) is 13.2 Å². The third-order valence-corrected chi connectivity index (χ3v) is 5.09. The first-order valence-electron chi connectivity index (χ1n) is 11.2. The van der Waals surface area contributed by atoms with Crippen molar-refractivity contribution in [1.29, 1.82) is 0 Å². The van der Waals surface area contributed by atoms with E-state index in [-0.39, 0.29) is 0 Å². The van der Waals surface area contributed by atoms with Crippen molar-refractivity contribution >= 4 is 0 Å². The molecule has 0 amide bonds. The summed E-state index contributed by atoms with van der Waals surface area (Å²) < 4.78 is 5.73. The lowest BCUT2D eigenvalue weighted by molar-refractivity contribution is 0.105. The molecule has 0 fully saturated rings. The first-order chi connectivity index (χ1) is 12.6. The molecule has 0 saturated heterocycles. The second-order valence-electron chi connectivity index (χ2n) is 9.05. The summed E-state index contributed by atoms with van der Waals surface area (Å²) in [5, 5.41) is 0. The summed E-state index contributed by atoms with van der Waals surface area (Å²) in [6, 6.07) is 10.9. The zero-order chi connectivity index (χ0) is 18.9. The maximum absolute atomic E-state index is 5.73. The molecule has 150 valence electrons. The van der Waals surface area contributed by atoms with E-state index in [1.807, 2.05) is 0 Å². The highest BCUT2D eigenvalue weighted by molar-refractivity contribution is 5.14. The summed E-state index contributed by atoms with van der Waals surface area (Å²) >= 11 is 0. The van der Waals surface area contributed by atoms with Crippen molar-refractivity contribution in [3.05, 3.63) is 35.9 Å². The Bertz CT molecular complexity index is 404. The van der Waals surface area contributed by atoms with E-state index in [9.17, 15) is 0 Å². The zero-order valence-corrected chi connectivity index (χ0v) is 17.9. The van der Waals surface area contributed by atoms with Gasteiger partial charge in [-0.25, -0.2) is 0 Å². The van der Waals surface area contributed by atoms with E-state index in [4.69, 9.17) is 4.74 Å². The van der Waals surface area contributed by atoms with E-state index >= 15 is 0 Å². The highest BCUT2D eigenvalue weighted by Gasteiger charge is 2.08. The monoisotopic (exact) mass is 360 g/mol. The fourth-order valence-corrected chi connectivity index (χ4v) is 3.25. The highest BCUT2D eigenvalue weighted by atomic mass is 16.5. The Kier molecular flexibility index (Phi) is 13.6. The molecule has 1 rings (SSSR count). The molecule has 0 heterocycles. The molecule has 0 spiro atoms. The lowest BCUT2D eigenvalue weighted by Gasteiger charge is -2.17. The third-order valence-electron chi connectivity index (χ3n) is 5.09. The Hall–Kier alpha value is -0.820. The number of hydrogen-bond donors (Lipinski definition) is 0. The van der Waals surface area contributed by atoms with Crippen molar-refractivity contribution in [3.8, 4) is 0 Å². The minimum atomic E-state index is 0.405. The molecule has 1 aromatic carbocycles. The molecule has 0 radical (unpaired) electrons. The standard InChI is InChI=1S/C25H44O/c1-25(2,3)21-23-26-22-17-12-10-8-6-4-5-7-9-11-14-18-24-19-15-13-16-20-24/h13,15-16,19-20H,4-12,14,17-18,21-23H2,1-3H3. The number of hydrogen-bond acceptors (Lipinski definition) is 1. The summed E-state index contributed by atoms with van der Waals surface area (Å²) in [5.74, 6) is 0. The zero-order valence-electron chi connectivity index (χ0n) is 17.9. The van der Waals surface area contributed by atoms with E-state index < -0.39 is 0 Å². The van der Waals surface area contributed by atoms with Gasteiger partial charge in [-0.2, -0.15) is 0 Å². The largest absolute Gasteiger partial charge is 0.381 e. The molecule has 1 nitrogen and oxygen atoms in total. The van der Waals surface area contributed by atoms with Crippen molar-refractivity contribution in [2.75, 3.05) is 13.2 Å².